The number of hydrogen-bond acceptors (Lipinski definition) is 2. The summed E-state index contributed by atoms with van der Waals surface area (Å²) in [5, 5.41) is 2.92. The molecule has 0 bridgehead atoms. The van der Waals surface area contributed by atoms with Crippen LogP contribution in [0.15, 0.2) is 36.4 Å². The molecule has 0 heterocycles. The average Bonchev–Trinajstić information content (AvgIpc) is 2.49. The molecule has 0 radical (unpaired) electrons. The van der Waals surface area contributed by atoms with Crippen LogP contribution < -0.4 is 10.1 Å². The van der Waals surface area contributed by atoms with E-state index < -0.39 is 23.5 Å². The van der Waals surface area contributed by atoms with Crippen molar-refractivity contribution in [3.8, 4) is 5.75 Å². The molecule has 0 aliphatic heterocycles. The fourth-order valence-electron chi connectivity index (χ4n) is 2.17. The Morgan fingerprint density at radius 3 is 2.19 bits per heavy atom. The van der Waals surface area contributed by atoms with Gasteiger partial charge in [-0.25, -0.2) is 13.2 Å². The van der Waals surface area contributed by atoms with Crippen molar-refractivity contribution in [1.29, 1.82) is 0 Å². The van der Waals surface area contributed by atoms with E-state index in [1.54, 1.807) is 26.3 Å². The van der Waals surface area contributed by atoms with E-state index in [0.29, 0.717) is 12.5 Å². The van der Waals surface area contributed by atoms with Crippen molar-refractivity contribution in [1.82, 2.24) is 5.32 Å². The monoisotopic (exact) mass is 295 g/mol. The van der Waals surface area contributed by atoms with Crippen molar-refractivity contribution in [2.24, 2.45) is 0 Å². The summed E-state index contributed by atoms with van der Waals surface area (Å²) in [5.74, 6) is -2.28. The second-order valence-corrected chi connectivity index (χ2v) is 4.68. The topological polar surface area (TPSA) is 21.3 Å². The summed E-state index contributed by atoms with van der Waals surface area (Å²) in [6, 6.07) is 8.31. The lowest BCUT2D eigenvalue weighted by molar-refractivity contribution is 0.414. The molecule has 0 aromatic heterocycles. The Kier molecular flexibility index (Phi) is 4.85. The van der Waals surface area contributed by atoms with Crippen molar-refractivity contribution < 1.29 is 17.9 Å². The Labute approximate surface area is 121 Å². The molecule has 1 N–H and O–H groups in total. The maximum absolute atomic E-state index is 13.8. The highest BCUT2D eigenvalue weighted by atomic mass is 19.2. The molecule has 0 aliphatic rings. The third-order valence-electron chi connectivity index (χ3n) is 3.36. The zero-order chi connectivity index (χ0) is 15.4. The Balaban J connectivity index is 2.25. The molecule has 2 aromatic carbocycles. The Morgan fingerprint density at radius 2 is 1.62 bits per heavy atom. The summed E-state index contributed by atoms with van der Waals surface area (Å²) in [4.78, 5) is 0. The summed E-state index contributed by atoms with van der Waals surface area (Å²) >= 11 is 0. The SMILES string of the molecule is CNC(Cc1ccc(OC)cc1)c1cc(F)c(F)cc1F. The molecule has 1 atom stereocenters. The highest BCUT2D eigenvalue weighted by Crippen LogP contribution is 2.24. The van der Waals surface area contributed by atoms with Crippen molar-refractivity contribution in [2.45, 2.75) is 12.5 Å². The molecule has 2 nitrogen and oxygen atoms in total. The van der Waals surface area contributed by atoms with E-state index in [1.807, 2.05) is 12.1 Å². The van der Waals surface area contributed by atoms with Gasteiger partial charge in [0.05, 0.1) is 7.11 Å². The van der Waals surface area contributed by atoms with Crippen LogP contribution in [0.2, 0.25) is 0 Å². The molecule has 2 rings (SSSR count). The molecule has 2 aromatic rings. The highest BCUT2D eigenvalue weighted by molar-refractivity contribution is 5.30. The van der Waals surface area contributed by atoms with Gasteiger partial charge in [-0.05, 0) is 37.2 Å². The van der Waals surface area contributed by atoms with Crippen LogP contribution in [-0.2, 0) is 6.42 Å². The Morgan fingerprint density at radius 1 is 1.00 bits per heavy atom. The van der Waals surface area contributed by atoms with E-state index in [2.05, 4.69) is 5.32 Å². The van der Waals surface area contributed by atoms with Crippen LogP contribution in [0.5, 0.6) is 5.75 Å². The van der Waals surface area contributed by atoms with Gasteiger partial charge < -0.3 is 10.1 Å². The fraction of sp³-hybridized carbons (Fsp3) is 0.250. The van der Waals surface area contributed by atoms with Crippen LogP contribution in [0, 0.1) is 17.5 Å². The number of ether oxygens (including phenoxy) is 1. The van der Waals surface area contributed by atoms with Crippen LogP contribution in [0.1, 0.15) is 17.2 Å². The zero-order valence-corrected chi connectivity index (χ0v) is 11.8. The highest BCUT2D eigenvalue weighted by Gasteiger charge is 2.18. The quantitative estimate of drug-likeness (QED) is 0.851. The molecule has 21 heavy (non-hydrogen) atoms. The Hall–Kier alpha value is -2.01. The van der Waals surface area contributed by atoms with Crippen molar-refractivity contribution in [2.75, 3.05) is 14.2 Å². The standard InChI is InChI=1S/C16H16F3NO/c1-20-16(7-10-3-5-11(21-2)6-4-10)12-8-14(18)15(19)9-13(12)17/h3-6,8-9,16,20H,7H2,1-2H3. The van der Waals surface area contributed by atoms with Crippen LogP contribution >= 0.6 is 0 Å². The molecular formula is C16H16F3NO. The predicted molar refractivity (Wildman–Crippen MR) is 74.8 cm³/mol. The van der Waals surface area contributed by atoms with E-state index in [4.69, 9.17) is 4.74 Å². The smallest absolute Gasteiger partial charge is 0.161 e. The minimum atomic E-state index is -1.18. The number of benzene rings is 2. The van der Waals surface area contributed by atoms with Gasteiger partial charge in [0.2, 0.25) is 0 Å². The van der Waals surface area contributed by atoms with Crippen LogP contribution in [-0.4, -0.2) is 14.2 Å². The number of nitrogens with one attached hydrogen (secondary N) is 1. The third kappa shape index (κ3) is 3.55. The number of methoxy groups -OCH3 is 1. The van der Waals surface area contributed by atoms with Gasteiger partial charge in [0, 0.05) is 17.7 Å². The number of rotatable bonds is 5. The second kappa shape index (κ2) is 6.63. The first kappa shape index (κ1) is 15.4. The zero-order valence-electron chi connectivity index (χ0n) is 11.8. The molecular weight excluding hydrogens is 279 g/mol. The van der Waals surface area contributed by atoms with E-state index >= 15 is 0 Å². The maximum atomic E-state index is 13.8. The molecule has 0 saturated carbocycles. The van der Waals surface area contributed by atoms with Crippen molar-refractivity contribution in [3.05, 3.63) is 65.0 Å². The lowest BCUT2D eigenvalue weighted by Gasteiger charge is -2.18. The minimum Gasteiger partial charge on any atom is -0.497 e. The van der Waals surface area contributed by atoms with E-state index in [-0.39, 0.29) is 5.56 Å². The summed E-state index contributed by atoms with van der Waals surface area (Å²) in [7, 11) is 3.22. The molecule has 0 amide bonds. The lowest BCUT2D eigenvalue weighted by atomic mass is 9.98. The summed E-state index contributed by atoms with van der Waals surface area (Å²) in [5.41, 5.74) is 1.03. The van der Waals surface area contributed by atoms with Gasteiger partial charge >= 0.3 is 0 Å². The largest absolute Gasteiger partial charge is 0.497 e. The molecule has 0 aliphatic carbocycles. The van der Waals surface area contributed by atoms with Crippen LogP contribution in [0.3, 0.4) is 0 Å². The van der Waals surface area contributed by atoms with Gasteiger partial charge in [-0.3, -0.25) is 0 Å². The summed E-state index contributed by atoms with van der Waals surface area (Å²) < 4.78 is 45.2. The molecule has 0 saturated heterocycles. The number of hydrogen-bond donors (Lipinski definition) is 1. The predicted octanol–water partition coefficient (Wildman–Crippen LogP) is 3.62. The van der Waals surface area contributed by atoms with Gasteiger partial charge in [0.15, 0.2) is 11.6 Å². The van der Waals surface area contributed by atoms with Crippen molar-refractivity contribution >= 4 is 0 Å². The molecule has 1 unspecified atom stereocenters. The molecule has 112 valence electrons. The van der Waals surface area contributed by atoms with Gasteiger partial charge in [-0.2, -0.15) is 0 Å². The van der Waals surface area contributed by atoms with Gasteiger partial charge in [0.25, 0.3) is 0 Å². The summed E-state index contributed by atoms with van der Waals surface area (Å²) in [6.45, 7) is 0. The molecule has 0 fully saturated rings. The number of halogens is 3. The lowest BCUT2D eigenvalue weighted by Crippen LogP contribution is -2.20. The van der Waals surface area contributed by atoms with E-state index in [1.165, 1.54) is 0 Å². The van der Waals surface area contributed by atoms with E-state index in [9.17, 15) is 13.2 Å². The maximum Gasteiger partial charge on any atom is 0.161 e. The normalized spacial score (nSPS) is 12.2. The van der Waals surface area contributed by atoms with Crippen LogP contribution in [0.4, 0.5) is 13.2 Å². The fourth-order valence-corrected chi connectivity index (χ4v) is 2.17. The van der Waals surface area contributed by atoms with Crippen LogP contribution in [0.25, 0.3) is 0 Å². The van der Waals surface area contributed by atoms with E-state index in [0.717, 1.165) is 17.4 Å². The first-order valence-electron chi connectivity index (χ1n) is 6.49. The van der Waals surface area contributed by atoms with Gasteiger partial charge in [-0.1, -0.05) is 12.1 Å². The molecule has 0 spiro atoms. The van der Waals surface area contributed by atoms with Gasteiger partial charge in [-0.15, -0.1) is 0 Å². The van der Waals surface area contributed by atoms with Crippen molar-refractivity contribution in [3.63, 3.8) is 0 Å². The third-order valence-corrected chi connectivity index (χ3v) is 3.36. The summed E-state index contributed by atoms with van der Waals surface area (Å²) in [6.07, 6.45) is 0.447. The Bertz CT molecular complexity index is 614. The van der Waals surface area contributed by atoms with Gasteiger partial charge in [0.1, 0.15) is 11.6 Å². The minimum absolute atomic E-state index is 0.104. The number of likely N-dealkylation sites (N-methyl/N-ethyl adjacent to an activating group) is 1. The first-order valence-corrected chi connectivity index (χ1v) is 6.49. The second-order valence-electron chi connectivity index (χ2n) is 4.68. The average molecular weight is 295 g/mol. The molecule has 5 heteroatoms. The first-order chi connectivity index (χ1) is 10.0.